The molecule has 1 amide bonds. The minimum absolute atomic E-state index is 0.0378. The number of aromatic nitrogens is 1. The molecule has 1 aliphatic heterocycles. The van der Waals surface area contributed by atoms with Gasteiger partial charge in [0.2, 0.25) is 15.0 Å². The number of pyridine rings is 1. The number of hydrogen-bond donors (Lipinski definition) is 0. The molecule has 0 radical (unpaired) electrons. The smallest absolute Gasteiger partial charge is 0.232 e. The lowest BCUT2D eigenvalue weighted by Crippen LogP contribution is -2.25. The third-order valence-electron chi connectivity index (χ3n) is 2.83. The van der Waals surface area contributed by atoms with Gasteiger partial charge < -0.3 is 4.90 Å². The van der Waals surface area contributed by atoms with Crippen molar-refractivity contribution in [3.63, 3.8) is 0 Å². The van der Waals surface area contributed by atoms with Gasteiger partial charge in [-0.05, 0) is 11.6 Å². The lowest BCUT2D eigenvalue weighted by atomic mass is 10.1. The van der Waals surface area contributed by atoms with Crippen molar-refractivity contribution in [3.05, 3.63) is 30.1 Å². The topological polar surface area (TPSA) is 67.3 Å². The van der Waals surface area contributed by atoms with Crippen LogP contribution in [0.5, 0.6) is 0 Å². The monoisotopic (exact) mass is 288 g/mol. The molecule has 7 heteroatoms. The molecular formula is C11H13ClN2O3S. The van der Waals surface area contributed by atoms with Crippen molar-refractivity contribution in [2.24, 2.45) is 5.92 Å². The molecule has 2 rings (SSSR count). The Morgan fingerprint density at radius 2 is 2.28 bits per heavy atom. The molecule has 0 saturated carbocycles. The third-order valence-corrected chi connectivity index (χ3v) is 4.07. The number of halogens is 1. The molecule has 98 valence electrons. The lowest BCUT2D eigenvalue weighted by molar-refractivity contribution is -0.128. The molecule has 1 aliphatic rings. The first kappa shape index (κ1) is 13.3. The van der Waals surface area contributed by atoms with Crippen LogP contribution in [0.2, 0.25) is 0 Å². The Morgan fingerprint density at radius 1 is 1.50 bits per heavy atom. The SMILES string of the molecule is O=C1CC(CS(=O)(=O)Cl)CN1Cc1cccnc1. The van der Waals surface area contributed by atoms with Gasteiger partial charge in [0.25, 0.3) is 0 Å². The zero-order valence-corrected chi connectivity index (χ0v) is 11.2. The van der Waals surface area contributed by atoms with Gasteiger partial charge in [0.05, 0.1) is 5.75 Å². The number of nitrogens with zero attached hydrogens (tertiary/aromatic N) is 2. The summed E-state index contributed by atoms with van der Waals surface area (Å²) >= 11 is 0. The Balaban J connectivity index is 1.98. The fourth-order valence-corrected chi connectivity index (χ4v) is 3.43. The summed E-state index contributed by atoms with van der Waals surface area (Å²) in [7, 11) is 1.65. The highest BCUT2D eigenvalue weighted by Gasteiger charge is 2.32. The van der Waals surface area contributed by atoms with Crippen LogP contribution in [0.1, 0.15) is 12.0 Å². The molecule has 0 N–H and O–H groups in total. The molecule has 0 aromatic carbocycles. The Morgan fingerprint density at radius 3 is 2.89 bits per heavy atom. The van der Waals surface area contributed by atoms with Gasteiger partial charge in [-0.15, -0.1) is 0 Å². The first-order valence-corrected chi connectivity index (χ1v) is 8.01. The summed E-state index contributed by atoms with van der Waals surface area (Å²) in [6.07, 6.45) is 3.60. The molecule has 18 heavy (non-hydrogen) atoms. The van der Waals surface area contributed by atoms with E-state index in [0.717, 1.165) is 5.56 Å². The van der Waals surface area contributed by atoms with E-state index in [0.29, 0.717) is 13.1 Å². The average Bonchev–Trinajstić information content (AvgIpc) is 2.58. The first-order valence-electron chi connectivity index (χ1n) is 5.53. The molecule has 1 fully saturated rings. The van der Waals surface area contributed by atoms with Crippen LogP contribution in [0.4, 0.5) is 0 Å². The summed E-state index contributed by atoms with van der Waals surface area (Å²) in [6.45, 7) is 0.894. The average molecular weight is 289 g/mol. The molecule has 1 aromatic rings. The number of likely N-dealkylation sites (tertiary alicyclic amines) is 1. The van der Waals surface area contributed by atoms with E-state index in [4.69, 9.17) is 10.7 Å². The normalized spacial score (nSPS) is 20.4. The van der Waals surface area contributed by atoms with Crippen molar-refractivity contribution in [3.8, 4) is 0 Å². The quantitative estimate of drug-likeness (QED) is 0.775. The number of carbonyl (C=O) groups excluding carboxylic acids is 1. The van der Waals surface area contributed by atoms with E-state index < -0.39 is 9.05 Å². The second-order valence-corrected chi connectivity index (χ2v) is 7.23. The maximum absolute atomic E-state index is 11.7. The zero-order valence-electron chi connectivity index (χ0n) is 9.62. The van der Waals surface area contributed by atoms with Crippen LogP contribution in [-0.2, 0) is 20.4 Å². The van der Waals surface area contributed by atoms with E-state index >= 15 is 0 Å². The number of carbonyl (C=O) groups is 1. The summed E-state index contributed by atoms with van der Waals surface area (Å²) in [4.78, 5) is 17.4. The summed E-state index contributed by atoms with van der Waals surface area (Å²) in [5.41, 5.74) is 0.931. The molecule has 5 nitrogen and oxygen atoms in total. The van der Waals surface area contributed by atoms with Gasteiger partial charge in [-0.2, -0.15) is 0 Å². The number of amides is 1. The van der Waals surface area contributed by atoms with Crippen LogP contribution in [0.3, 0.4) is 0 Å². The van der Waals surface area contributed by atoms with Gasteiger partial charge in [-0.25, -0.2) is 8.42 Å². The van der Waals surface area contributed by atoms with E-state index in [9.17, 15) is 13.2 Å². The van der Waals surface area contributed by atoms with E-state index in [1.165, 1.54) is 0 Å². The van der Waals surface area contributed by atoms with Crippen molar-refractivity contribution in [1.29, 1.82) is 0 Å². The van der Waals surface area contributed by atoms with Gasteiger partial charge in [-0.1, -0.05) is 6.07 Å². The molecular weight excluding hydrogens is 276 g/mol. The van der Waals surface area contributed by atoms with E-state index in [2.05, 4.69) is 4.98 Å². The standard InChI is InChI=1S/C11H13ClN2O3S/c12-18(16,17)8-10-4-11(15)14(7-10)6-9-2-1-3-13-5-9/h1-3,5,10H,4,6-8H2. The highest BCUT2D eigenvalue weighted by Crippen LogP contribution is 2.22. The molecule has 1 atom stereocenters. The van der Waals surface area contributed by atoms with Crippen LogP contribution in [0.25, 0.3) is 0 Å². The number of rotatable bonds is 4. The molecule has 0 bridgehead atoms. The van der Waals surface area contributed by atoms with Crippen molar-refractivity contribution in [2.45, 2.75) is 13.0 Å². The predicted molar refractivity (Wildman–Crippen MR) is 67.4 cm³/mol. The fraction of sp³-hybridized carbons (Fsp3) is 0.455. The summed E-state index contributed by atoms with van der Waals surface area (Å²) in [5.74, 6) is -0.398. The minimum Gasteiger partial charge on any atom is -0.338 e. The second-order valence-electron chi connectivity index (χ2n) is 4.41. The molecule has 1 aromatic heterocycles. The minimum atomic E-state index is -3.55. The van der Waals surface area contributed by atoms with Crippen LogP contribution >= 0.6 is 10.7 Å². The first-order chi connectivity index (χ1) is 8.44. The molecule has 0 spiro atoms. The Labute approximate surface area is 110 Å². The zero-order chi connectivity index (χ0) is 13.2. The van der Waals surface area contributed by atoms with Crippen LogP contribution < -0.4 is 0 Å². The lowest BCUT2D eigenvalue weighted by Gasteiger charge is -2.16. The number of hydrogen-bond acceptors (Lipinski definition) is 4. The van der Waals surface area contributed by atoms with Crippen LogP contribution in [-0.4, -0.2) is 36.5 Å². The van der Waals surface area contributed by atoms with E-state index in [1.807, 2.05) is 6.07 Å². The van der Waals surface area contributed by atoms with Crippen molar-refractivity contribution >= 4 is 25.6 Å². The van der Waals surface area contributed by atoms with Gasteiger partial charge in [-0.3, -0.25) is 9.78 Å². The van der Waals surface area contributed by atoms with Gasteiger partial charge >= 0.3 is 0 Å². The largest absolute Gasteiger partial charge is 0.338 e. The summed E-state index contributed by atoms with van der Waals surface area (Å²) in [5, 5.41) is 0. The maximum atomic E-state index is 11.7. The van der Waals surface area contributed by atoms with Crippen molar-refractivity contribution < 1.29 is 13.2 Å². The predicted octanol–water partition coefficient (Wildman–Crippen LogP) is 0.999. The molecule has 1 saturated heterocycles. The molecule has 1 unspecified atom stereocenters. The van der Waals surface area contributed by atoms with Gasteiger partial charge in [0.15, 0.2) is 0 Å². The van der Waals surface area contributed by atoms with Crippen LogP contribution in [0, 0.1) is 5.92 Å². The van der Waals surface area contributed by atoms with Crippen molar-refractivity contribution in [1.82, 2.24) is 9.88 Å². The van der Waals surface area contributed by atoms with Gasteiger partial charge in [0, 0.05) is 48.5 Å². The van der Waals surface area contributed by atoms with Gasteiger partial charge in [0.1, 0.15) is 0 Å². The molecule has 2 heterocycles. The van der Waals surface area contributed by atoms with E-state index in [-0.39, 0.29) is 24.0 Å². The summed E-state index contributed by atoms with van der Waals surface area (Å²) < 4.78 is 22.0. The van der Waals surface area contributed by atoms with Crippen LogP contribution in [0.15, 0.2) is 24.5 Å². The highest BCUT2D eigenvalue weighted by atomic mass is 35.7. The third kappa shape index (κ3) is 3.68. The second kappa shape index (κ2) is 5.24. The Hall–Kier alpha value is -1.14. The Bertz CT molecular complexity index is 532. The Kier molecular flexibility index (Phi) is 3.87. The highest BCUT2D eigenvalue weighted by molar-refractivity contribution is 8.13. The fourth-order valence-electron chi connectivity index (χ4n) is 2.11. The molecule has 0 aliphatic carbocycles. The van der Waals surface area contributed by atoms with Crippen molar-refractivity contribution in [2.75, 3.05) is 12.3 Å². The maximum Gasteiger partial charge on any atom is 0.232 e. The summed E-state index contributed by atoms with van der Waals surface area (Å²) in [6, 6.07) is 3.68. The van der Waals surface area contributed by atoms with E-state index in [1.54, 1.807) is 23.4 Å².